The van der Waals surface area contributed by atoms with Crippen LogP contribution in [0.1, 0.15) is 22.8 Å². The number of hydrogen-bond acceptors (Lipinski definition) is 3. The highest BCUT2D eigenvalue weighted by Crippen LogP contribution is 2.29. The molecule has 1 heterocycles. The molecule has 0 saturated heterocycles. The van der Waals surface area contributed by atoms with Crippen molar-refractivity contribution < 1.29 is 9.53 Å². The topological polar surface area (TPSA) is 55.6 Å². The SMILES string of the molecule is CCn1c2ccccc2c2cc(C=NNC(=O)c3ccc(OC)cc3)ccc21. The second-order valence-corrected chi connectivity index (χ2v) is 6.47. The first-order valence-corrected chi connectivity index (χ1v) is 9.19. The van der Waals surface area contributed by atoms with E-state index < -0.39 is 0 Å². The average Bonchev–Trinajstić information content (AvgIpc) is 3.07. The number of nitrogens with one attached hydrogen (secondary N) is 1. The van der Waals surface area contributed by atoms with Crippen LogP contribution in [0.3, 0.4) is 0 Å². The second kappa shape index (κ2) is 7.56. The van der Waals surface area contributed by atoms with Crippen molar-refractivity contribution in [3.8, 4) is 5.75 Å². The van der Waals surface area contributed by atoms with Gasteiger partial charge in [-0.05, 0) is 55.0 Å². The summed E-state index contributed by atoms with van der Waals surface area (Å²) in [7, 11) is 1.59. The molecule has 0 spiro atoms. The summed E-state index contributed by atoms with van der Waals surface area (Å²) in [6, 6.07) is 21.5. The Bertz CT molecular complexity index is 1170. The summed E-state index contributed by atoms with van der Waals surface area (Å²) in [5.41, 5.74) is 6.45. The molecule has 1 N–H and O–H groups in total. The highest BCUT2D eigenvalue weighted by atomic mass is 16.5. The van der Waals surface area contributed by atoms with Crippen LogP contribution in [0.25, 0.3) is 21.8 Å². The number of aromatic nitrogens is 1. The lowest BCUT2D eigenvalue weighted by Crippen LogP contribution is -2.17. The summed E-state index contributed by atoms with van der Waals surface area (Å²) in [4.78, 5) is 12.2. The van der Waals surface area contributed by atoms with Crippen LogP contribution in [-0.4, -0.2) is 23.8 Å². The van der Waals surface area contributed by atoms with Gasteiger partial charge in [-0.3, -0.25) is 4.79 Å². The molecule has 0 unspecified atom stereocenters. The summed E-state index contributed by atoms with van der Waals surface area (Å²) >= 11 is 0. The van der Waals surface area contributed by atoms with Gasteiger partial charge in [0.15, 0.2) is 0 Å². The molecule has 28 heavy (non-hydrogen) atoms. The Kier molecular flexibility index (Phi) is 4.81. The lowest BCUT2D eigenvalue weighted by atomic mass is 10.1. The maximum Gasteiger partial charge on any atom is 0.271 e. The van der Waals surface area contributed by atoms with E-state index in [0.29, 0.717) is 11.3 Å². The number of carbonyl (C=O) groups is 1. The van der Waals surface area contributed by atoms with Crippen LogP contribution in [0, 0.1) is 0 Å². The number of hydrazone groups is 1. The molecule has 0 saturated carbocycles. The predicted octanol–water partition coefficient (Wildman–Crippen LogP) is 4.59. The molecule has 0 atom stereocenters. The lowest BCUT2D eigenvalue weighted by molar-refractivity contribution is 0.0955. The minimum Gasteiger partial charge on any atom is -0.497 e. The van der Waals surface area contributed by atoms with E-state index in [1.165, 1.54) is 21.8 Å². The molecule has 0 fully saturated rings. The average molecular weight is 371 g/mol. The molecule has 1 aromatic heterocycles. The zero-order valence-electron chi connectivity index (χ0n) is 15.8. The van der Waals surface area contributed by atoms with Gasteiger partial charge in [-0.25, -0.2) is 5.43 Å². The third-order valence-corrected chi connectivity index (χ3v) is 4.84. The molecular formula is C23H21N3O2. The predicted molar refractivity (Wildman–Crippen MR) is 113 cm³/mol. The highest BCUT2D eigenvalue weighted by molar-refractivity contribution is 6.09. The van der Waals surface area contributed by atoms with Gasteiger partial charge in [0.2, 0.25) is 0 Å². The van der Waals surface area contributed by atoms with E-state index in [4.69, 9.17) is 4.74 Å². The normalized spacial score (nSPS) is 11.4. The van der Waals surface area contributed by atoms with Gasteiger partial charge in [0.25, 0.3) is 5.91 Å². The zero-order chi connectivity index (χ0) is 19.5. The monoisotopic (exact) mass is 371 g/mol. The van der Waals surface area contributed by atoms with Crippen molar-refractivity contribution in [1.29, 1.82) is 0 Å². The second-order valence-electron chi connectivity index (χ2n) is 6.47. The summed E-state index contributed by atoms with van der Waals surface area (Å²) in [6.45, 7) is 3.06. The van der Waals surface area contributed by atoms with E-state index in [9.17, 15) is 4.79 Å². The van der Waals surface area contributed by atoms with Gasteiger partial charge < -0.3 is 9.30 Å². The third kappa shape index (κ3) is 3.22. The molecule has 3 aromatic carbocycles. The van der Waals surface area contributed by atoms with Gasteiger partial charge in [-0.15, -0.1) is 0 Å². The quantitative estimate of drug-likeness (QED) is 0.412. The first-order valence-electron chi connectivity index (χ1n) is 9.19. The van der Waals surface area contributed by atoms with Crippen molar-refractivity contribution in [2.75, 3.05) is 7.11 Å². The number of carbonyl (C=O) groups excluding carboxylic acids is 1. The molecule has 0 bridgehead atoms. The molecular weight excluding hydrogens is 350 g/mol. The summed E-state index contributed by atoms with van der Waals surface area (Å²) in [6.07, 6.45) is 1.67. The number of rotatable bonds is 5. The molecule has 5 heteroatoms. The Morgan fingerprint density at radius 2 is 1.79 bits per heavy atom. The van der Waals surface area contributed by atoms with Crippen molar-refractivity contribution in [3.63, 3.8) is 0 Å². The van der Waals surface area contributed by atoms with Crippen LogP contribution in [0.2, 0.25) is 0 Å². The molecule has 5 nitrogen and oxygen atoms in total. The van der Waals surface area contributed by atoms with Crippen LogP contribution in [0.15, 0.2) is 71.8 Å². The fourth-order valence-electron chi connectivity index (χ4n) is 3.46. The first kappa shape index (κ1) is 17.8. The number of aryl methyl sites for hydroxylation is 1. The Morgan fingerprint density at radius 3 is 2.54 bits per heavy atom. The molecule has 0 aliphatic heterocycles. The van der Waals surface area contributed by atoms with E-state index in [2.05, 4.69) is 58.4 Å². The molecule has 0 radical (unpaired) electrons. The number of nitrogens with zero attached hydrogens (tertiary/aromatic N) is 2. The Morgan fingerprint density at radius 1 is 1.04 bits per heavy atom. The van der Waals surface area contributed by atoms with Crippen LogP contribution in [0.5, 0.6) is 5.75 Å². The third-order valence-electron chi connectivity index (χ3n) is 4.84. The number of para-hydroxylation sites is 1. The summed E-state index contributed by atoms with van der Waals surface area (Å²) in [5, 5.41) is 6.51. The van der Waals surface area contributed by atoms with Crippen molar-refractivity contribution in [2.24, 2.45) is 5.10 Å². The lowest BCUT2D eigenvalue weighted by Gasteiger charge is -2.03. The van der Waals surface area contributed by atoms with E-state index >= 15 is 0 Å². The maximum atomic E-state index is 12.2. The van der Waals surface area contributed by atoms with E-state index in [-0.39, 0.29) is 5.91 Å². The van der Waals surface area contributed by atoms with Crippen molar-refractivity contribution in [2.45, 2.75) is 13.5 Å². The van der Waals surface area contributed by atoms with Crippen molar-refractivity contribution in [1.82, 2.24) is 9.99 Å². The summed E-state index contributed by atoms with van der Waals surface area (Å²) in [5.74, 6) is 0.446. The van der Waals surface area contributed by atoms with Gasteiger partial charge in [-0.2, -0.15) is 5.10 Å². The van der Waals surface area contributed by atoms with Crippen molar-refractivity contribution in [3.05, 3.63) is 77.9 Å². The van der Waals surface area contributed by atoms with Gasteiger partial charge in [0.05, 0.1) is 13.3 Å². The number of benzene rings is 3. The van der Waals surface area contributed by atoms with Crippen LogP contribution in [0.4, 0.5) is 0 Å². The van der Waals surface area contributed by atoms with Crippen LogP contribution in [-0.2, 0) is 6.54 Å². The molecule has 1 amide bonds. The fourth-order valence-corrected chi connectivity index (χ4v) is 3.46. The fraction of sp³-hybridized carbons (Fsp3) is 0.130. The smallest absolute Gasteiger partial charge is 0.271 e. The van der Waals surface area contributed by atoms with Crippen LogP contribution >= 0.6 is 0 Å². The zero-order valence-corrected chi connectivity index (χ0v) is 15.8. The van der Waals surface area contributed by atoms with Crippen LogP contribution < -0.4 is 10.2 Å². The number of fused-ring (bicyclic) bond motifs is 3. The molecule has 0 aliphatic rings. The van der Waals surface area contributed by atoms with Gasteiger partial charge in [0.1, 0.15) is 5.75 Å². The molecule has 4 aromatic rings. The Labute approximate surface area is 163 Å². The van der Waals surface area contributed by atoms with Gasteiger partial charge in [0, 0.05) is 33.9 Å². The number of hydrogen-bond donors (Lipinski definition) is 1. The van der Waals surface area contributed by atoms with E-state index in [0.717, 1.165) is 12.1 Å². The van der Waals surface area contributed by atoms with Gasteiger partial charge in [-0.1, -0.05) is 24.3 Å². The molecule has 4 rings (SSSR count). The van der Waals surface area contributed by atoms with Gasteiger partial charge >= 0.3 is 0 Å². The van der Waals surface area contributed by atoms with E-state index in [1.54, 1.807) is 37.6 Å². The molecule has 0 aliphatic carbocycles. The van der Waals surface area contributed by atoms with E-state index in [1.807, 2.05) is 6.07 Å². The Hall–Kier alpha value is -3.60. The Balaban J connectivity index is 1.57. The standard InChI is InChI=1S/C23H21N3O2/c1-3-26-21-7-5-4-6-19(21)20-14-16(8-13-22(20)26)15-24-25-23(27)17-9-11-18(28-2)12-10-17/h4-15H,3H2,1-2H3,(H,25,27). The minimum absolute atomic E-state index is 0.262. The molecule has 140 valence electrons. The van der Waals surface area contributed by atoms with Crippen molar-refractivity contribution >= 4 is 33.9 Å². The number of ether oxygens (including phenoxy) is 1. The highest BCUT2D eigenvalue weighted by Gasteiger charge is 2.09. The number of amides is 1. The minimum atomic E-state index is -0.262. The first-order chi connectivity index (χ1) is 13.7. The maximum absolute atomic E-state index is 12.2. The summed E-state index contributed by atoms with van der Waals surface area (Å²) < 4.78 is 7.40. The number of methoxy groups -OCH3 is 1. The largest absolute Gasteiger partial charge is 0.497 e.